The van der Waals surface area contributed by atoms with Gasteiger partial charge in [-0.05, 0) is 48.9 Å². The summed E-state index contributed by atoms with van der Waals surface area (Å²) in [6, 6.07) is 27.0. The van der Waals surface area contributed by atoms with Gasteiger partial charge >= 0.3 is 0 Å². The molecule has 1 unspecified atom stereocenters. The van der Waals surface area contributed by atoms with E-state index in [4.69, 9.17) is 4.74 Å². The van der Waals surface area contributed by atoms with Crippen molar-refractivity contribution >= 4 is 22.5 Å². The lowest BCUT2D eigenvalue weighted by Crippen LogP contribution is -2.38. The number of anilines is 1. The highest BCUT2D eigenvalue weighted by Gasteiger charge is 2.17. The Labute approximate surface area is 182 Å². The van der Waals surface area contributed by atoms with Gasteiger partial charge in [-0.25, -0.2) is 0 Å². The van der Waals surface area contributed by atoms with Gasteiger partial charge in [0, 0.05) is 30.9 Å². The molecule has 1 amide bonds. The SMILES string of the molecule is CC(Nc1ccc(Oc2cccc3cccnc23)cc1)C(=O)N(C)Cc1ccccc1. The van der Waals surface area contributed by atoms with Crippen LogP contribution >= 0.6 is 0 Å². The number of ether oxygens (including phenoxy) is 1. The zero-order chi connectivity index (χ0) is 21.6. The minimum atomic E-state index is -0.345. The predicted octanol–water partition coefficient (Wildman–Crippen LogP) is 5.49. The zero-order valence-electron chi connectivity index (χ0n) is 17.7. The van der Waals surface area contributed by atoms with Gasteiger partial charge in [0.15, 0.2) is 5.75 Å². The van der Waals surface area contributed by atoms with Crippen LogP contribution in [0.2, 0.25) is 0 Å². The second kappa shape index (κ2) is 9.30. The Morgan fingerprint density at radius 1 is 0.968 bits per heavy atom. The third-order valence-corrected chi connectivity index (χ3v) is 5.07. The van der Waals surface area contributed by atoms with Crippen LogP contribution in [0.3, 0.4) is 0 Å². The number of carbonyl (C=O) groups excluding carboxylic acids is 1. The molecule has 0 spiro atoms. The molecule has 0 bridgehead atoms. The average Bonchev–Trinajstić information content (AvgIpc) is 2.80. The number of amides is 1. The first-order valence-electron chi connectivity index (χ1n) is 10.3. The maximum absolute atomic E-state index is 12.7. The number of carbonyl (C=O) groups is 1. The molecule has 0 radical (unpaired) electrons. The lowest BCUT2D eigenvalue weighted by atomic mass is 10.2. The van der Waals surface area contributed by atoms with Crippen molar-refractivity contribution in [2.24, 2.45) is 0 Å². The van der Waals surface area contributed by atoms with Crippen molar-refractivity contribution in [1.29, 1.82) is 0 Å². The molecule has 3 aromatic carbocycles. The van der Waals surface area contributed by atoms with Gasteiger partial charge in [0.2, 0.25) is 5.91 Å². The van der Waals surface area contributed by atoms with Crippen LogP contribution in [-0.4, -0.2) is 28.9 Å². The highest BCUT2D eigenvalue weighted by atomic mass is 16.5. The number of para-hydroxylation sites is 1. The number of nitrogens with one attached hydrogen (secondary N) is 1. The highest BCUT2D eigenvalue weighted by molar-refractivity contribution is 5.85. The summed E-state index contributed by atoms with van der Waals surface area (Å²) in [5.74, 6) is 1.46. The minimum Gasteiger partial charge on any atom is -0.455 e. The molecular weight excluding hydrogens is 386 g/mol. The molecule has 4 rings (SSSR count). The van der Waals surface area contributed by atoms with E-state index in [0.29, 0.717) is 18.0 Å². The number of hydrogen-bond acceptors (Lipinski definition) is 4. The Bertz CT molecular complexity index is 1150. The number of likely N-dealkylation sites (N-methyl/N-ethyl adjacent to an activating group) is 1. The number of rotatable bonds is 7. The summed E-state index contributed by atoms with van der Waals surface area (Å²) in [6.07, 6.45) is 1.76. The van der Waals surface area contributed by atoms with E-state index in [9.17, 15) is 4.79 Å². The first-order chi connectivity index (χ1) is 15.1. The highest BCUT2D eigenvalue weighted by Crippen LogP contribution is 2.29. The van der Waals surface area contributed by atoms with Crippen molar-refractivity contribution in [3.63, 3.8) is 0 Å². The van der Waals surface area contributed by atoms with Gasteiger partial charge in [0.1, 0.15) is 17.3 Å². The fraction of sp³-hybridized carbons (Fsp3) is 0.154. The van der Waals surface area contributed by atoms with Crippen LogP contribution in [0.1, 0.15) is 12.5 Å². The summed E-state index contributed by atoms with van der Waals surface area (Å²) < 4.78 is 6.04. The van der Waals surface area contributed by atoms with Crippen LogP contribution in [0.5, 0.6) is 11.5 Å². The maximum atomic E-state index is 12.7. The molecule has 5 heteroatoms. The number of benzene rings is 3. The Hall–Kier alpha value is -3.86. The number of aromatic nitrogens is 1. The molecule has 0 saturated carbocycles. The molecule has 1 N–H and O–H groups in total. The first-order valence-corrected chi connectivity index (χ1v) is 10.3. The lowest BCUT2D eigenvalue weighted by Gasteiger charge is -2.23. The van der Waals surface area contributed by atoms with E-state index in [-0.39, 0.29) is 11.9 Å². The van der Waals surface area contributed by atoms with Gasteiger partial charge in [-0.1, -0.05) is 48.5 Å². The molecule has 31 heavy (non-hydrogen) atoms. The Balaban J connectivity index is 1.38. The second-order valence-corrected chi connectivity index (χ2v) is 7.50. The third-order valence-electron chi connectivity index (χ3n) is 5.07. The maximum Gasteiger partial charge on any atom is 0.244 e. The van der Waals surface area contributed by atoms with Crippen molar-refractivity contribution in [3.05, 3.63) is 96.7 Å². The molecule has 0 saturated heterocycles. The van der Waals surface area contributed by atoms with Crippen LogP contribution in [-0.2, 0) is 11.3 Å². The van der Waals surface area contributed by atoms with Crippen molar-refractivity contribution in [2.75, 3.05) is 12.4 Å². The first kappa shape index (κ1) is 20.4. The van der Waals surface area contributed by atoms with Gasteiger partial charge in [-0.3, -0.25) is 9.78 Å². The fourth-order valence-electron chi connectivity index (χ4n) is 3.48. The molecule has 1 atom stereocenters. The van der Waals surface area contributed by atoms with E-state index in [0.717, 1.165) is 22.2 Å². The van der Waals surface area contributed by atoms with Gasteiger partial charge in [0.05, 0.1) is 0 Å². The molecule has 5 nitrogen and oxygen atoms in total. The summed E-state index contributed by atoms with van der Waals surface area (Å²) in [5, 5.41) is 4.30. The summed E-state index contributed by atoms with van der Waals surface area (Å²) in [5.41, 5.74) is 2.79. The van der Waals surface area contributed by atoms with Crippen LogP contribution in [0.15, 0.2) is 91.1 Å². The Morgan fingerprint density at radius 2 is 1.71 bits per heavy atom. The van der Waals surface area contributed by atoms with Crippen LogP contribution in [0.4, 0.5) is 5.69 Å². The summed E-state index contributed by atoms with van der Waals surface area (Å²) in [4.78, 5) is 18.9. The number of pyridine rings is 1. The van der Waals surface area contributed by atoms with Gasteiger partial charge in [0.25, 0.3) is 0 Å². The lowest BCUT2D eigenvalue weighted by molar-refractivity contribution is -0.130. The van der Waals surface area contributed by atoms with Crippen molar-refractivity contribution in [3.8, 4) is 11.5 Å². The largest absolute Gasteiger partial charge is 0.455 e. The van der Waals surface area contributed by atoms with E-state index >= 15 is 0 Å². The van der Waals surface area contributed by atoms with Gasteiger partial charge in [-0.2, -0.15) is 0 Å². The molecule has 4 aromatic rings. The molecule has 0 aliphatic rings. The predicted molar refractivity (Wildman–Crippen MR) is 124 cm³/mol. The van der Waals surface area contributed by atoms with E-state index < -0.39 is 0 Å². The molecule has 0 fully saturated rings. The molecule has 1 aromatic heterocycles. The van der Waals surface area contributed by atoms with Gasteiger partial charge < -0.3 is 15.0 Å². The summed E-state index contributed by atoms with van der Waals surface area (Å²) in [7, 11) is 1.82. The van der Waals surface area contributed by atoms with Crippen LogP contribution in [0.25, 0.3) is 10.9 Å². The monoisotopic (exact) mass is 411 g/mol. The van der Waals surface area contributed by atoms with Crippen LogP contribution in [0, 0.1) is 0 Å². The van der Waals surface area contributed by atoms with Crippen LogP contribution < -0.4 is 10.1 Å². The second-order valence-electron chi connectivity index (χ2n) is 7.50. The molecule has 0 aliphatic heterocycles. The van der Waals surface area contributed by atoms with E-state index in [2.05, 4.69) is 10.3 Å². The van der Waals surface area contributed by atoms with Crippen molar-refractivity contribution in [1.82, 2.24) is 9.88 Å². The molecular formula is C26H25N3O2. The quantitative estimate of drug-likeness (QED) is 0.437. The topological polar surface area (TPSA) is 54.5 Å². The zero-order valence-corrected chi connectivity index (χ0v) is 17.7. The normalized spacial score (nSPS) is 11.7. The van der Waals surface area contributed by atoms with E-state index in [1.165, 1.54) is 0 Å². The summed E-state index contributed by atoms with van der Waals surface area (Å²) >= 11 is 0. The van der Waals surface area contributed by atoms with Crippen molar-refractivity contribution < 1.29 is 9.53 Å². The number of hydrogen-bond donors (Lipinski definition) is 1. The fourth-order valence-corrected chi connectivity index (χ4v) is 3.48. The third kappa shape index (κ3) is 5.01. The van der Waals surface area contributed by atoms with Gasteiger partial charge in [-0.15, -0.1) is 0 Å². The molecule has 156 valence electrons. The minimum absolute atomic E-state index is 0.0333. The molecule has 1 heterocycles. The van der Waals surface area contributed by atoms with Crippen molar-refractivity contribution in [2.45, 2.75) is 19.5 Å². The number of nitrogens with zero attached hydrogens (tertiary/aromatic N) is 2. The van der Waals surface area contributed by atoms with E-state index in [1.807, 2.05) is 98.9 Å². The smallest absolute Gasteiger partial charge is 0.244 e. The average molecular weight is 412 g/mol. The standard InChI is InChI=1S/C26H25N3O2/c1-19(26(30)29(2)18-20-8-4-3-5-9-20)28-22-13-15-23(16-14-22)31-24-12-6-10-21-11-7-17-27-25(21)24/h3-17,19,28H,18H2,1-2H3. The Kier molecular flexibility index (Phi) is 6.13. The number of fused-ring (bicyclic) bond motifs is 1. The summed E-state index contributed by atoms with van der Waals surface area (Å²) in [6.45, 7) is 2.45. The Morgan fingerprint density at radius 3 is 2.48 bits per heavy atom. The molecule has 0 aliphatic carbocycles. The van der Waals surface area contributed by atoms with E-state index in [1.54, 1.807) is 11.1 Å².